The molecule has 82 valence electrons. The summed E-state index contributed by atoms with van der Waals surface area (Å²) in [6, 6.07) is 0. The first-order valence-corrected chi connectivity index (χ1v) is 4.26. The van der Waals surface area contributed by atoms with Gasteiger partial charge < -0.3 is 18.9 Å². The molecule has 14 heavy (non-hydrogen) atoms. The van der Waals surface area contributed by atoms with Crippen molar-refractivity contribution < 1.29 is 23.7 Å². The largest absolute Gasteiger partial charge is 0.499 e. The lowest BCUT2D eigenvalue weighted by Crippen LogP contribution is -2.14. The zero-order valence-electron chi connectivity index (χ0n) is 8.36. The van der Waals surface area contributed by atoms with Crippen LogP contribution in [0.25, 0.3) is 0 Å². The molecule has 0 unspecified atom stereocenters. The Bertz CT molecular complexity index is 157. The van der Waals surface area contributed by atoms with Crippen LogP contribution in [0.15, 0.2) is 12.8 Å². The van der Waals surface area contributed by atoms with E-state index in [1.165, 1.54) is 13.4 Å². The predicted octanol–water partition coefficient (Wildman–Crippen LogP) is 0.353. The van der Waals surface area contributed by atoms with Crippen molar-refractivity contribution in [3.05, 3.63) is 12.8 Å². The molecule has 0 aliphatic heterocycles. The lowest BCUT2D eigenvalue weighted by molar-refractivity contribution is -0.146. The van der Waals surface area contributed by atoms with E-state index in [0.29, 0.717) is 26.4 Å². The summed E-state index contributed by atoms with van der Waals surface area (Å²) in [5, 5.41) is 0. The second-order valence-corrected chi connectivity index (χ2v) is 2.28. The third kappa shape index (κ3) is 9.02. The summed E-state index contributed by atoms with van der Waals surface area (Å²) in [7, 11) is 1.31. The average molecular weight is 204 g/mol. The molecule has 0 aromatic rings. The summed E-state index contributed by atoms with van der Waals surface area (Å²) < 4.78 is 19.2. The van der Waals surface area contributed by atoms with Crippen LogP contribution in [0, 0.1) is 0 Å². The number of methoxy groups -OCH3 is 1. The zero-order valence-corrected chi connectivity index (χ0v) is 8.36. The fourth-order valence-corrected chi connectivity index (χ4v) is 0.625. The monoisotopic (exact) mass is 204 g/mol. The fraction of sp³-hybridized carbons (Fsp3) is 0.667. The van der Waals surface area contributed by atoms with Crippen molar-refractivity contribution in [3.63, 3.8) is 0 Å². The molecule has 0 N–H and O–H groups in total. The third-order valence-corrected chi connectivity index (χ3v) is 1.28. The molecule has 0 aliphatic carbocycles. The van der Waals surface area contributed by atoms with Gasteiger partial charge in [0.2, 0.25) is 0 Å². The van der Waals surface area contributed by atoms with Gasteiger partial charge in [-0.3, -0.25) is 0 Å². The van der Waals surface area contributed by atoms with E-state index in [0.717, 1.165) is 0 Å². The minimum Gasteiger partial charge on any atom is -0.499 e. The summed E-state index contributed by atoms with van der Waals surface area (Å²) in [6.45, 7) is 5.09. The minimum atomic E-state index is -0.389. The molecular formula is C9H16O5. The Morgan fingerprint density at radius 3 is 2.50 bits per heavy atom. The van der Waals surface area contributed by atoms with Crippen LogP contribution >= 0.6 is 0 Å². The maximum Gasteiger partial charge on any atom is 0.331 e. The molecule has 0 heterocycles. The summed E-state index contributed by atoms with van der Waals surface area (Å²) in [4.78, 5) is 10.6. The fourth-order valence-electron chi connectivity index (χ4n) is 0.625. The highest BCUT2D eigenvalue weighted by atomic mass is 16.6. The van der Waals surface area contributed by atoms with Gasteiger partial charge in [0.05, 0.1) is 33.2 Å². The Balaban J connectivity index is 2.98. The smallest absolute Gasteiger partial charge is 0.331 e. The van der Waals surface area contributed by atoms with Gasteiger partial charge in [-0.1, -0.05) is 6.58 Å². The van der Waals surface area contributed by atoms with Gasteiger partial charge in [-0.15, -0.1) is 0 Å². The molecule has 0 aromatic carbocycles. The van der Waals surface area contributed by atoms with Crippen LogP contribution in [0.4, 0.5) is 0 Å². The van der Waals surface area contributed by atoms with Gasteiger partial charge in [-0.25, -0.2) is 4.79 Å². The van der Waals surface area contributed by atoms with Gasteiger partial charge in [0, 0.05) is 0 Å². The van der Waals surface area contributed by atoms with Gasteiger partial charge in [-0.05, 0) is 0 Å². The second kappa shape index (κ2) is 10.0. The Labute approximate surface area is 83.6 Å². The van der Waals surface area contributed by atoms with E-state index in [9.17, 15) is 4.79 Å². The minimum absolute atomic E-state index is 0.0387. The van der Waals surface area contributed by atoms with Gasteiger partial charge in [0.15, 0.2) is 0 Å². The quantitative estimate of drug-likeness (QED) is 0.308. The molecule has 0 rings (SSSR count). The SMILES string of the molecule is C=COCCOCCOCC(=O)OC. The Morgan fingerprint density at radius 1 is 1.21 bits per heavy atom. The molecule has 0 bridgehead atoms. The normalized spacial score (nSPS) is 9.50. The Hall–Kier alpha value is -1.07. The number of esters is 1. The topological polar surface area (TPSA) is 54.0 Å². The Morgan fingerprint density at radius 2 is 1.86 bits per heavy atom. The van der Waals surface area contributed by atoms with Gasteiger partial charge >= 0.3 is 5.97 Å². The summed E-state index contributed by atoms with van der Waals surface area (Å²) in [6.07, 6.45) is 1.36. The standard InChI is InChI=1S/C9H16O5/c1-3-12-4-5-13-6-7-14-8-9(10)11-2/h3H,1,4-8H2,2H3. The lowest BCUT2D eigenvalue weighted by atomic mass is 10.7. The number of rotatable bonds is 9. The molecule has 5 nitrogen and oxygen atoms in total. The molecule has 0 saturated heterocycles. The van der Waals surface area contributed by atoms with E-state index in [-0.39, 0.29) is 12.6 Å². The summed E-state index contributed by atoms with van der Waals surface area (Å²) in [5.41, 5.74) is 0. The van der Waals surface area contributed by atoms with Crippen molar-refractivity contribution in [1.82, 2.24) is 0 Å². The molecule has 0 fully saturated rings. The van der Waals surface area contributed by atoms with E-state index in [1.54, 1.807) is 0 Å². The number of ether oxygens (including phenoxy) is 4. The molecule has 0 atom stereocenters. The predicted molar refractivity (Wildman–Crippen MR) is 49.8 cm³/mol. The van der Waals surface area contributed by atoms with Crippen molar-refractivity contribution in [2.24, 2.45) is 0 Å². The maximum atomic E-state index is 10.6. The van der Waals surface area contributed by atoms with Crippen LogP contribution in [0.1, 0.15) is 0 Å². The first-order valence-electron chi connectivity index (χ1n) is 4.26. The van der Waals surface area contributed by atoms with Crippen LogP contribution in [0.2, 0.25) is 0 Å². The first kappa shape index (κ1) is 12.9. The lowest BCUT2D eigenvalue weighted by Gasteiger charge is -2.04. The zero-order chi connectivity index (χ0) is 10.6. The molecule has 5 heteroatoms. The number of carbonyl (C=O) groups is 1. The first-order chi connectivity index (χ1) is 6.81. The summed E-state index contributed by atoms with van der Waals surface area (Å²) in [5.74, 6) is -0.389. The van der Waals surface area contributed by atoms with Crippen molar-refractivity contribution in [3.8, 4) is 0 Å². The van der Waals surface area contributed by atoms with Crippen LogP contribution in [-0.4, -0.2) is 46.1 Å². The van der Waals surface area contributed by atoms with Gasteiger partial charge in [-0.2, -0.15) is 0 Å². The molecule has 0 aliphatic rings. The average Bonchev–Trinajstić information content (AvgIpc) is 2.21. The second-order valence-electron chi connectivity index (χ2n) is 2.28. The van der Waals surface area contributed by atoms with Crippen LogP contribution in [-0.2, 0) is 23.7 Å². The van der Waals surface area contributed by atoms with Gasteiger partial charge in [0.1, 0.15) is 13.2 Å². The summed E-state index contributed by atoms with van der Waals surface area (Å²) >= 11 is 0. The van der Waals surface area contributed by atoms with E-state index in [2.05, 4.69) is 11.3 Å². The van der Waals surface area contributed by atoms with Crippen LogP contribution in [0.5, 0.6) is 0 Å². The van der Waals surface area contributed by atoms with Crippen molar-refractivity contribution in [1.29, 1.82) is 0 Å². The Kier molecular flexibility index (Phi) is 9.25. The highest BCUT2D eigenvalue weighted by Gasteiger charge is 1.98. The maximum absolute atomic E-state index is 10.6. The van der Waals surface area contributed by atoms with E-state index in [1.807, 2.05) is 0 Å². The van der Waals surface area contributed by atoms with E-state index in [4.69, 9.17) is 14.2 Å². The highest BCUT2D eigenvalue weighted by Crippen LogP contribution is 1.82. The van der Waals surface area contributed by atoms with E-state index >= 15 is 0 Å². The van der Waals surface area contributed by atoms with Crippen LogP contribution in [0.3, 0.4) is 0 Å². The molecule has 0 radical (unpaired) electrons. The number of hydrogen-bond acceptors (Lipinski definition) is 5. The van der Waals surface area contributed by atoms with Crippen molar-refractivity contribution >= 4 is 5.97 Å². The molecular weight excluding hydrogens is 188 g/mol. The third-order valence-electron chi connectivity index (χ3n) is 1.28. The van der Waals surface area contributed by atoms with Crippen LogP contribution < -0.4 is 0 Å². The molecule has 0 amide bonds. The molecule has 0 saturated carbocycles. The van der Waals surface area contributed by atoms with Crippen molar-refractivity contribution in [2.45, 2.75) is 0 Å². The van der Waals surface area contributed by atoms with Crippen molar-refractivity contribution in [2.75, 3.05) is 40.1 Å². The number of hydrogen-bond donors (Lipinski definition) is 0. The number of carbonyl (C=O) groups excluding carboxylic acids is 1. The van der Waals surface area contributed by atoms with Gasteiger partial charge in [0.25, 0.3) is 0 Å². The molecule has 0 aromatic heterocycles. The van der Waals surface area contributed by atoms with E-state index < -0.39 is 0 Å². The highest BCUT2D eigenvalue weighted by molar-refractivity contribution is 5.70. The molecule has 0 spiro atoms.